The van der Waals surface area contributed by atoms with Gasteiger partial charge in [-0.15, -0.1) is 0 Å². The maximum atomic E-state index is 11.6. The third-order valence-corrected chi connectivity index (χ3v) is 2.10. The van der Waals surface area contributed by atoms with Crippen LogP contribution in [0.5, 0.6) is 0 Å². The monoisotopic (exact) mass is 193 g/mol. The normalized spacial score (nSPS) is 9.93. The van der Waals surface area contributed by atoms with E-state index in [-0.39, 0.29) is 5.91 Å². The second-order valence-corrected chi connectivity index (χ2v) is 3.08. The Balaban J connectivity index is 2.81. The molecule has 1 amide bonds. The standard InChI is InChI=1S/C10H15N3O/c1-3-13(2)10(14)9-5-4-8(6-11)7-12-9/h4-5,7H,3,6,11H2,1-2H3. The highest BCUT2D eigenvalue weighted by Gasteiger charge is 2.10. The molecule has 0 radical (unpaired) electrons. The molecule has 1 rings (SSSR count). The molecule has 76 valence electrons. The smallest absolute Gasteiger partial charge is 0.272 e. The highest BCUT2D eigenvalue weighted by Crippen LogP contribution is 2.02. The molecule has 0 unspecified atom stereocenters. The van der Waals surface area contributed by atoms with Crippen LogP contribution < -0.4 is 5.73 Å². The van der Waals surface area contributed by atoms with E-state index in [0.29, 0.717) is 18.8 Å². The van der Waals surface area contributed by atoms with Gasteiger partial charge in [0.05, 0.1) is 0 Å². The zero-order valence-corrected chi connectivity index (χ0v) is 8.53. The average Bonchev–Trinajstić information content (AvgIpc) is 2.27. The summed E-state index contributed by atoms with van der Waals surface area (Å²) in [6.45, 7) is 3.05. The third kappa shape index (κ3) is 2.29. The van der Waals surface area contributed by atoms with Gasteiger partial charge >= 0.3 is 0 Å². The molecule has 14 heavy (non-hydrogen) atoms. The van der Waals surface area contributed by atoms with E-state index in [9.17, 15) is 4.79 Å². The van der Waals surface area contributed by atoms with Crippen molar-refractivity contribution in [1.29, 1.82) is 0 Å². The van der Waals surface area contributed by atoms with E-state index in [2.05, 4.69) is 4.98 Å². The summed E-state index contributed by atoms with van der Waals surface area (Å²) >= 11 is 0. The summed E-state index contributed by atoms with van der Waals surface area (Å²) in [6.07, 6.45) is 1.64. The van der Waals surface area contributed by atoms with E-state index in [4.69, 9.17) is 5.73 Å². The van der Waals surface area contributed by atoms with Crippen LogP contribution in [-0.4, -0.2) is 29.4 Å². The summed E-state index contributed by atoms with van der Waals surface area (Å²) in [6, 6.07) is 3.53. The molecule has 4 nitrogen and oxygen atoms in total. The van der Waals surface area contributed by atoms with Crippen LogP contribution in [0.2, 0.25) is 0 Å². The van der Waals surface area contributed by atoms with Gasteiger partial charge in [0.1, 0.15) is 5.69 Å². The first-order chi connectivity index (χ1) is 6.69. The highest BCUT2D eigenvalue weighted by molar-refractivity contribution is 5.92. The Morgan fingerprint density at radius 1 is 1.57 bits per heavy atom. The molecule has 0 saturated heterocycles. The molecular formula is C10H15N3O. The molecule has 0 aliphatic carbocycles. The molecule has 0 aromatic carbocycles. The van der Waals surface area contributed by atoms with Crippen molar-refractivity contribution in [3.05, 3.63) is 29.6 Å². The number of amides is 1. The fourth-order valence-corrected chi connectivity index (χ4v) is 1.01. The summed E-state index contributed by atoms with van der Waals surface area (Å²) in [7, 11) is 1.75. The lowest BCUT2D eigenvalue weighted by molar-refractivity contribution is 0.0796. The van der Waals surface area contributed by atoms with Crippen LogP contribution >= 0.6 is 0 Å². The quantitative estimate of drug-likeness (QED) is 0.766. The number of carbonyl (C=O) groups excluding carboxylic acids is 1. The second kappa shape index (κ2) is 4.72. The lowest BCUT2D eigenvalue weighted by Crippen LogP contribution is -2.27. The van der Waals surface area contributed by atoms with Crippen LogP contribution in [-0.2, 0) is 6.54 Å². The molecule has 0 bridgehead atoms. The minimum Gasteiger partial charge on any atom is -0.341 e. The lowest BCUT2D eigenvalue weighted by Gasteiger charge is -2.13. The van der Waals surface area contributed by atoms with Crippen molar-refractivity contribution in [2.75, 3.05) is 13.6 Å². The van der Waals surface area contributed by atoms with Crippen LogP contribution in [0.3, 0.4) is 0 Å². The Hall–Kier alpha value is -1.42. The van der Waals surface area contributed by atoms with Gasteiger partial charge in [0.25, 0.3) is 5.91 Å². The van der Waals surface area contributed by atoms with Gasteiger partial charge in [-0.25, -0.2) is 0 Å². The number of carbonyl (C=O) groups is 1. The van der Waals surface area contributed by atoms with Gasteiger partial charge in [0, 0.05) is 26.3 Å². The molecule has 0 spiro atoms. The summed E-state index contributed by atoms with van der Waals surface area (Å²) in [5, 5.41) is 0. The molecule has 1 aromatic heterocycles. The van der Waals surface area contributed by atoms with Crippen molar-refractivity contribution in [2.45, 2.75) is 13.5 Å². The highest BCUT2D eigenvalue weighted by atomic mass is 16.2. The van der Waals surface area contributed by atoms with E-state index in [0.717, 1.165) is 5.56 Å². The van der Waals surface area contributed by atoms with Crippen molar-refractivity contribution < 1.29 is 4.79 Å². The van der Waals surface area contributed by atoms with Crippen LogP contribution in [0, 0.1) is 0 Å². The largest absolute Gasteiger partial charge is 0.341 e. The molecule has 0 fully saturated rings. The average molecular weight is 193 g/mol. The first-order valence-corrected chi connectivity index (χ1v) is 4.59. The maximum absolute atomic E-state index is 11.6. The van der Waals surface area contributed by atoms with Crippen LogP contribution in [0.15, 0.2) is 18.3 Å². The molecule has 0 aliphatic rings. The predicted octanol–water partition coefficient (Wildman–Crippen LogP) is 0.632. The number of hydrogen-bond acceptors (Lipinski definition) is 3. The zero-order valence-electron chi connectivity index (χ0n) is 8.53. The van der Waals surface area contributed by atoms with Crippen molar-refractivity contribution >= 4 is 5.91 Å². The first kappa shape index (κ1) is 10.7. The van der Waals surface area contributed by atoms with Crippen LogP contribution in [0.4, 0.5) is 0 Å². The van der Waals surface area contributed by atoms with E-state index < -0.39 is 0 Å². The minimum absolute atomic E-state index is 0.0592. The number of nitrogens with two attached hydrogens (primary N) is 1. The molecule has 0 atom stereocenters. The summed E-state index contributed by atoms with van der Waals surface area (Å²) in [5.74, 6) is -0.0592. The van der Waals surface area contributed by atoms with Crippen molar-refractivity contribution in [1.82, 2.24) is 9.88 Å². The van der Waals surface area contributed by atoms with E-state index >= 15 is 0 Å². The molecule has 2 N–H and O–H groups in total. The van der Waals surface area contributed by atoms with Gasteiger partial charge < -0.3 is 10.6 Å². The van der Waals surface area contributed by atoms with Crippen LogP contribution in [0.25, 0.3) is 0 Å². The molecule has 4 heteroatoms. The molecule has 1 aromatic rings. The fourth-order valence-electron chi connectivity index (χ4n) is 1.01. The van der Waals surface area contributed by atoms with Crippen molar-refractivity contribution in [3.63, 3.8) is 0 Å². The minimum atomic E-state index is -0.0592. The maximum Gasteiger partial charge on any atom is 0.272 e. The Morgan fingerprint density at radius 2 is 2.29 bits per heavy atom. The number of rotatable bonds is 3. The molecule has 1 heterocycles. The number of nitrogens with zero attached hydrogens (tertiary/aromatic N) is 2. The summed E-state index contributed by atoms with van der Waals surface area (Å²) < 4.78 is 0. The van der Waals surface area contributed by atoms with Crippen molar-refractivity contribution in [3.8, 4) is 0 Å². The second-order valence-electron chi connectivity index (χ2n) is 3.08. The Labute approximate surface area is 83.7 Å². The Kier molecular flexibility index (Phi) is 3.59. The Bertz CT molecular complexity index is 308. The molecular weight excluding hydrogens is 178 g/mol. The van der Waals surface area contributed by atoms with Gasteiger partial charge in [-0.1, -0.05) is 6.07 Å². The van der Waals surface area contributed by atoms with Gasteiger partial charge in [-0.3, -0.25) is 9.78 Å². The first-order valence-electron chi connectivity index (χ1n) is 4.59. The number of hydrogen-bond donors (Lipinski definition) is 1. The van der Waals surface area contributed by atoms with Gasteiger partial charge in [0.15, 0.2) is 0 Å². The number of pyridine rings is 1. The van der Waals surface area contributed by atoms with E-state index in [1.165, 1.54) is 0 Å². The predicted molar refractivity (Wildman–Crippen MR) is 54.8 cm³/mol. The summed E-state index contributed by atoms with van der Waals surface area (Å²) in [4.78, 5) is 17.3. The van der Waals surface area contributed by atoms with Gasteiger partial charge in [-0.2, -0.15) is 0 Å². The molecule has 0 aliphatic heterocycles. The topological polar surface area (TPSA) is 59.2 Å². The third-order valence-electron chi connectivity index (χ3n) is 2.10. The van der Waals surface area contributed by atoms with Gasteiger partial charge in [-0.05, 0) is 18.6 Å². The van der Waals surface area contributed by atoms with Crippen LogP contribution in [0.1, 0.15) is 23.0 Å². The number of aromatic nitrogens is 1. The fraction of sp³-hybridized carbons (Fsp3) is 0.400. The molecule has 0 saturated carbocycles. The Morgan fingerprint density at radius 3 is 2.71 bits per heavy atom. The van der Waals surface area contributed by atoms with E-state index in [1.54, 1.807) is 24.2 Å². The van der Waals surface area contributed by atoms with E-state index in [1.807, 2.05) is 13.0 Å². The van der Waals surface area contributed by atoms with Crippen molar-refractivity contribution in [2.24, 2.45) is 5.73 Å². The van der Waals surface area contributed by atoms with Gasteiger partial charge in [0.2, 0.25) is 0 Å². The summed E-state index contributed by atoms with van der Waals surface area (Å²) in [5.41, 5.74) is 6.82. The lowest BCUT2D eigenvalue weighted by atomic mass is 10.2. The zero-order chi connectivity index (χ0) is 10.6. The SMILES string of the molecule is CCN(C)C(=O)c1ccc(CN)cn1.